The van der Waals surface area contributed by atoms with E-state index >= 15 is 8.78 Å². The standard InChI is InChI=1S/C27H31F2NO5S2/c1-12-8-16-17-10-19(28)18-9-15(31)6-7-24(18,4)26(17,29)20(32)11-25(16,5)27(12,23(34)36)35-22(33)21-13(2)30-14(3)37-21/h6-7,9,12,16-17,19-20,32H,8,10-11H2,1-5H3,(H,34,36)/t12-,16+,17+,19+,20+,24+,25+,26+,27+/m1/s1. The molecule has 6 nitrogen and oxygen atoms in total. The number of thiazole rings is 1. The van der Waals surface area contributed by atoms with E-state index in [0.717, 1.165) is 17.4 Å². The molecule has 5 rings (SSSR count). The van der Waals surface area contributed by atoms with E-state index in [9.17, 15) is 19.5 Å². The Labute approximate surface area is 224 Å². The second kappa shape index (κ2) is 8.29. The molecule has 37 heavy (non-hydrogen) atoms. The summed E-state index contributed by atoms with van der Waals surface area (Å²) in [5, 5.41) is 11.5. The molecule has 0 aromatic carbocycles. The Morgan fingerprint density at radius 2 is 1.92 bits per heavy atom. The summed E-state index contributed by atoms with van der Waals surface area (Å²) >= 11 is 5.33. The van der Waals surface area contributed by atoms with E-state index in [1.165, 1.54) is 19.1 Å². The number of ether oxygens (including phenoxy) is 1. The molecule has 10 heteroatoms. The zero-order valence-corrected chi connectivity index (χ0v) is 23.1. The normalized spacial score (nSPS) is 44.5. The van der Waals surface area contributed by atoms with E-state index in [0.29, 0.717) is 10.7 Å². The third-order valence-electron chi connectivity index (χ3n) is 9.83. The van der Waals surface area contributed by atoms with Gasteiger partial charge in [-0.05, 0) is 63.7 Å². The molecule has 4 aliphatic carbocycles. The fourth-order valence-corrected chi connectivity index (χ4v) is 9.47. The Balaban J connectivity index is 1.62. The summed E-state index contributed by atoms with van der Waals surface area (Å²) in [6, 6.07) is 0. The number of aliphatic hydroxyl groups excluding tert-OH is 1. The molecule has 9 atom stereocenters. The Kier molecular flexibility index (Phi) is 5.98. The quantitative estimate of drug-likeness (QED) is 0.419. The molecule has 1 aromatic heterocycles. The molecular formula is C27H31F2NO5S2. The van der Waals surface area contributed by atoms with Gasteiger partial charge in [0.2, 0.25) is 5.12 Å². The number of thiol groups is 1. The maximum absolute atomic E-state index is 17.4. The van der Waals surface area contributed by atoms with Crippen LogP contribution in [0.3, 0.4) is 0 Å². The fraction of sp³-hybridized carbons (Fsp3) is 0.630. The molecule has 1 heterocycles. The maximum Gasteiger partial charge on any atom is 0.351 e. The number of rotatable bonds is 3. The van der Waals surface area contributed by atoms with Crippen molar-refractivity contribution < 1.29 is 33.0 Å². The molecule has 0 amide bonds. The van der Waals surface area contributed by atoms with Crippen molar-refractivity contribution in [1.82, 2.24) is 4.98 Å². The number of nitrogens with zero attached hydrogens (tertiary/aromatic N) is 1. The highest BCUT2D eigenvalue weighted by molar-refractivity contribution is 7.96. The first-order valence-corrected chi connectivity index (χ1v) is 13.8. The topological polar surface area (TPSA) is 93.6 Å². The predicted octanol–water partition coefficient (Wildman–Crippen LogP) is 4.68. The highest BCUT2D eigenvalue weighted by atomic mass is 32.1. The third-order valence-corrected chi connectivity index (χ3v) is 11.2. The van der Waals surface area contributed by atoms with Crippen molar-refractivity contribution in [2.75, 3.05) is 0 Å². The molecule has 0 radical (unpaired) electrons. The predicted molar refractivity (Wildman–Crippen MR) is 137 cm³/mol. The van der Waals surface area contributed by atoms with Gasteiger partial charge in [-0.15, -0.1) is 24.0 Å². The number of carbonyl (C=O) groups excluding carboxylic acids is 3. The van der Waals surface area contributed by atoms with Crippen molar-refractivity contribution in [3.8, 4) is 0 Å². The van der Waals surface area contributed by atoms with Gasteiger partial charge in [-0.3, -0.25) is 9.59 Å². The lowest BCUT2D eigenvalue weighted by atomic mass is 9.44. The summed E-state index contributed by atoms with van der Waals surface area (Å²) in [5.41, 5.74) is -6.27. The van der Waals surface area contributed by atoms with Crippen LogP contribution in [0.15, 0.2) is 23.8 Å². The van der Waals surface area contributed by atoms with Crippen LogP contribution < -0.4 is 0 Å². The van der Waals surface area contributed by atoms with Gasteiger partial charge in [0, 0.05) is 22.7 Å². The number of hydrogen-bond acceptors (Lipinski definition) is 7. The van der Waals surface area contributed by atoms with Gasteiger partial charge in [0.15, 0.2) is 17.1 Å². The molecule has 0 unspecified atom stereocenters. The van der Waals surface area contributed by atoms with Crippen molar-refractivity contribution in [3.05, 3.63) is 39.4 Å². The van der Waals surface area contributed by atoms with Crippen LogP contribution in [0.25, 0.3) is 0 Å². The Bertz CT molecular complexity index is 1280. The van der Waals surface area contributed by atoms with Gasteiger partial charge in [0.1, 0.15) is 11.0 Å². The number of alkyl halides is 2. The van der Waals surface area contributed by atoms with Gasteiger partial charge in [-0.1, -0.05) is 19.9 Å². The Hall–Kier alpha value is -1.91. The van der Waals surface area contributed by atoms with Gasteiger partial charge < -0.3 is 9.84 Å². The van der Waals surface area contributed by atoms with Gasteiger partial charge in [0.25, 0.3) is 0 Å². The minimum absolute atomic E-state index is 0.0338. The summed E-state index contributed by atoms with van der Waals surface area (Å²) < 4.78 is 39.1. The van der Waals surface area contributed by atoms with Gasteiger partial charge >= 0.3 is 5.97 Å². The molecule has 1 N–H and O–H groups in total. The lowest BCUT2D eigenvalue weighted by molar-refractivity contribution is -0.221. The second-order valence-corrected chi connectivity index (χ2v) is 13.2. The lowest BCUT2D eigenvalue weighted by Gasteiger charge is -2.63. The molecule has 0 aliphatic heterocycles. The van der Waals surface area contributed by atoms with Gasteiger partial charge in [0.05, 0.1) is 16.8 Å². The highest BCUT2D eigenvalue weighted by Gasteiger charge is 2.78. The number of fused-ring (bicyclic) bond motifs is 5. The van der Waals surface area contributed by atoms with Crippen LogP contribution in [-0.4, -0.2) is 50.5 Å². The zero-order valence-electron chi connectivity index (χ0n) is 21.4. The first-order valence-electron chi connectivity index (χ1n) is 12.5. The molecular weight excluding hydrogens is 520 g/mol. The molecule has 3 saturated carbocycles. The monoisotopic (exact) mass is 551 g/mol. The van der Waals surface area contributed by atoms with E-state index in [2.05, 4.69) is 17.6 Å². The van der Waals surface area contributed by atoms with Crippen LogP contribution in [0.2, 0.25) is 0 Å². The van der Waals surface area contributed by atoms with Gasteiger partial charge in [-0.25, -0.2) is 18.6 Å². The second-order valence-electron chi connectivity index (χ2n) is 11.6. The molecule has 200 valence electrons. The van der Waals surface area contributed by atoms with Crippen molar-refractivity contribution in [2.24, 2.45) is 28.6 Å². The lowest BCUT2D eigenvalue weighted by Crippen LogP contribution is -2.70. The minimum Gasteiger partial charge on any atom is -0.445 e. The molecule has 1 aromatic rings. The molecule has 0 saturated heterocycles. The zero-order chi connectivity index (χ0) is 27.3. The van der Waals surface area contributed by atoms with Crippen LogP contribution >= 0.6 is 24.0 Å². The van der Waals surface area contributed by atoms with Crippen LogP contribution in [0, 0.1) is 42.4 Å². The summed E-state index contributed by atoms with van der Waals surface area (Å²) in [6.45, 7) is 8.43. The Morgan fingerprint density at radius 1 is 1.24 bits per heavy atom. The SMILES string of the molecule is Cc1nc(C)c(C(=O)O[C@]2(C(=O)S)[C@H](C)C[C@H]3[C@@H]4C[C@H](F)C5=CC(=O)C=C[C@]5(C)[C@@]4(F)[C@@H](O)C[C@@]32C)s1. The number of carbonyl (C=O) groups is 3. The number of aliphatic hydroxyl groups is 1. The smallest absolute Gasteiger partial charge is 0.351 e. The average Bonchev–Trinajstić information content (AvgIpc) is 3.25. The number of allylic oxidation sites excluding steroid dienone is 4. The van der Waals surface area contributed by atoms with Crippen LogP contribution in [0.5, 0.6) is 0 Å². The summed E-state index contributed by atoms with van der Waals surface area (Å²) in [4.78, 5) is 43.2. The van der Waals surface area contributed by atoms with E-state index in [1.807, 2.05) is 0 Å². The van der Waals surface area contributed by atoms with Crippen molar-refractivity contribution in [1.29, 1.82) is 0 Å². The van der Waals surface area contributed by atoms with E-state index in [4.69, 9.17) is 4.74 Å². The van der Waals surface area contributed by atoms with Crippen molar-refractivity contribution >= 4 is 40.8 Å². The van der Waals surface area contributed by atoms with Crippen molar-refractivity contribution in [2.45, 2.75) is 77.4 Å². The number of halogens is 2. The number of ketones is 1. The summed E-state index contributed by atoms with van der Waals surface area (Å²) in [5.74, 6) is -3.27. The first kappa shape index (κ1) is 26.7. The Morgan fingerprint density at radius 3 is 2.51 bits per heavy atom. The summed E-state index contributed by atoms with van der Waals surface area (Å²) in [7, 11) is 0. The third kappa shape index (κ3) is 3.24. The molecule has 3 fully saturated rings. The number of hydrogen-bond donors (Lipinski definition) is 2. The minimum atomic E-state index is -2.28. The van der Waals surface area contributed by atoms with E-state index in [1.54, 1.807) is 27.7 Å². The van der Waals surface area contributed by atoms with Crippen LogP contribution in [0.1, 0.15) is 60.4 Å². The largest absolute Gasteiger partial charge is 0.445 e. The average molecular weight is 552 g/mol. The summed E-state index contributed by atoms with van der Waals surface area (Å²) in [6.07, 6.45) is 0.371. The first-order chi connectivity index (χ1) is 17.1. The van der Waals surface area contributed by atoms with Gasteiger partial charge in [-0.2, -0.15) is 0 Å². The van der Waals surface area contributed by atoms with E-state index in [-0.39, 0.29) is 29.7 Å². The number of esters is 1. The fourth-order valence-electron chi connectivity index (χ4n) is 8.15. The van der Waals surface area contributed by atoms with Crippen molar-refractivity contribution in [3.63, 3.8) is 0 Å². The highest BCUT2D eigenvalue weighted by Crippen LogP contribution is 2.71. The number of aryl methyl sites for hydroxylation is 2. The van der Waals surface area contributed by atoms with E-state index < -0.39 is 69.0 Å². The number of aromatic nitrogens is 1. The molecule has 0 spiro atoms. The van der Waals surface area contributed by atoms with Crippen LogP contribution in [-0.2, 0) is 14.3 Å². The molecule has 4 aliphatic rings. The molecule has 0 bridgehead atoms. The maximum atomic E-state index is 17.4. The van der Waals surface area contributed by atoms with Crippen LogP contribution in [0.4, 0.5) is 8.78 Å².